The minimum atomic E-state index is -1.05. The summed E-state index contributed by atoms with van der Waals surface area (Å²) in [4.78, 5) is 38.9. The zero-order chi connectivity index (χ0) is 18.0. The van der Waals surface area contributed by atoms with E-state index in [1.54, 1.807) is 15.9 Å². The standard InChI is InChI=1S/C17H19FN2O5/c18-12-3-1-2-11(10-12)15(21)19-6-8-20(9-7-19)16(22)13-4-5-14(25-13)17(23)24/h1-3,10,13-14H,4-9H2,(H,23,24)/t13-,14+/m0/s1. The van der Waals surface area contributed by atoms with E-state index < -0.39 is 24.0 Å². The Morgan fingerprint density at radius 3 is 2.28 bits per heavy atom. The fourth-order valence-electron chi connectivity index (χ4n) is 3.14. The highest BCUT2D eigenvalue weighted by Crippen LogP contribution is 2.22. The zero-order valence-electron chi connectivity index (χ0n) is 13.6. The molecule has 1 aromatic carbocycles. The van der Waals surface area contributed by atoms with Gasteiger partial charge >= 0.3 is 5.97 Å². The molecular weight excluding hydrogens is 331 g/mol. The first-order chi connectivity index (χ1) is 12.0. The largest absolute Gasteiger partial charge is 0.479 e. The number of hydrogen-bond acceptors (Lipinski definition) is 4. The summed E-state index contributed by atoms with van der Waals surface area (Å²) in [6.45, 7) is 1.38. The Bertz CT molecular complexity index is 687. The van der Waals surface area contributed by atoms with E-state index in [2.05, 4.69) is 0 Å². The van der Waals surface area contributed by atoms with Crippen molar-refractivity contribution in [1.29, 1.82) is 0 Å². The van der Waals surface area contributed by atoms with E-state index in [-0.39, 0.29) is 17.4 Å². The monoisotopic (exact) mass is 350 g/mol. The Morgan fingerprint density at radius 2 is 1.68 bits per heavy atom. The minimum absolute atomic E-state index is 0.235. The number of amides is 2. The number of rotatable bonds is 3. The lowest BCUT2D eigenvalue weighted by molar-refractivity contribution is -0.155. The van der Waals surface area contributed by atoms with E-state index in [1.165, 1.54) is 18.2 Å². The van der Waals surface area contributed by atoms with Gasteiger partial charge in [0.15, 0.2) is 6.10 Å². The molecule has 0 aromatic heterocycles. The van der Waals surface area contributed by atoms with Crippen LogP contribution in [0, 0.1) is 5.82 Å². The molecule has 0 saturated carbocycles. The third-order valence-electron chi connectivity index (χ3n) is 4.52. The van der Waals surface area contributed by atoms with Crippen LogP contribution in [-0.4, -0.2) is 71.1 Å². The van der Waals surface area contributed by atoms with Gasteiger partial charge in [-0.1, -0.05) is 6.07 Å². The number of ether oxygens (including phenoxy) is 1. The number of hydrogen-bond donors (Lipinski definition) is 1. The van der Waals surface area contributed by atoms with Gasteiger partial charge in [-0.3, -0.25) is 9.59 Å². The summed E-state index contributed by atoms with van der Waals surface area (Å²) >= 11 is 0. The number of carbonyl (C=O) groups excluding carboxylic acids is 2. The second kappa shape index (κ2) is 7.18. The second-order valence-electron chi connectivity index (χ2n) is 6.16. The molecule has 2 aliphatic heterocycles. The highest BCUT2D eigenvalue weighted by atomic mass is 19.1. The molecule has 2 aliphatic rings. The van der Waals surface area contributed by atoms with Crippen LogP contribution in [0.1, 0.15) is 23.2 Å². The van der Waals surface area contributed by atoms with Gasteiger partial charge in [0, 0.05) is 31.7 Å². The second-order valence-corrected chi connectivity index (χ2v) is 6.16. The summed E-state index contributed by atoms with van der Waals surface area (Å²) < 4.78 is 18.5. The molecule has 2 heterocycles. The van der Waals surface area contributed by atoms with E-state index in [9.17, 15) is 18.8 Å². The highest BCUT2D eigenvalue weighted by molar-refractivity contribution is 5.94. The third-order valence-corrected chi connectivity index (χ3v) is 4.52. The summed E-state index contributed by atoms with van der Waals surface area (Å²) in [6.07, 6.45) is -0.946. The molecule has 1 aromatic rings. The van der Waals surface area contributed by atoms with Crippen LogP contribution in [0.3, 0.4) is 0 Å². The summed E-state index contributed by atoms with van der Waals surface area (Å²) in [6, 6.07) is 5.51. The maximum atomic E-state index is 13.2. The van der Waals surface area contributed by atoms with Crippen molar-refractivity contribution in [2.75, 3.05) is 26.2 Å². The molecule has 25 heavy (non-hydrogen) atoms. The van der Waals surface area contributed by atoms with Crippen LogP contribution in [0.25, 0.3) is 0 Å². The Morgan fingerprint density at radius 1 is 1.04 bits per heavy atom. The van der Waals surface area contributed by atoms with Crippen LogP contribution in [0.4, 0.5) is 4.39 Å². The Labute approximate surface area is 144 Å². The van der Waals surface area contributed by atoms with Crippen molar-refractivity contribution in [1.82, 2.24) is 9.80 Å². The van der Waals surface area contributed by atoms with Gasteiger partial charge in [-0.25, -0.2) is 9.18 Å². The fourth-order valence-corrected chi connectivity index (χ4v) is 3.14. The number of carboxylic acid groups (broad SMARTS) is 1. The van der Waals surface area contributed by atoms with Crippen molar-refractivity contribution >= 4 is 17.8 Å². The lowest BCUT2D eigenvalue weighted by atomic mass is 10.1. The van der Waals surface area contributed by atoms with Crippen molar-refractivity contribution in [3.8, 4) is 0 Å². The van der Waals surface area contributed by atoms with Gasteiger partial charge in [0.2, 0.25) is 0 Å². The van der Waals surface area contributed by atoms with Crippen molar-refractivity contribution in [3.63, 3.8) is 0 Å². The molecule has 134 valence electrons. The zero-order valence-corrected chi connectivity index (χ0v) is 13.6. The molecule has 2 atom stereocenters. The van der Waals surface area contributed by atoms with Gasteiger partial charge in [0.05, 0.1) is 0 Å². The van der Waals surface area contributed by atoms with Crippen LogP contribution in [0.5, 0.6) is 0 Å². The molecule has 3 rings (SSSR count). The number of halogens is 1. The average molecular weight is 350 g/mol. The maximum Gasteiger partial charge on any atom is 0.332 e. The quantitative estimate of drug-likeness (QED) is 0.869. The average Bonchev–Trinajstić information content (AvgIpc) is 3.11. The number of aliphatic carboxylic acids is 1. The molecule has 0 aliphatic carbocycles. The smallest absolute Gasteiger partial charge is 0.332 e. The molecule has 1 N–H and O–H groups in total. The van der Waals surface area contributed by atoms with Crippen molar-refractivity contribution in [2.24, 2.45) is 0 Å². The summed E-state index contributed by atoms with van der Waals surface area (Å²) in [7, 11) is 0. The van der Waals surface area contributed by atoms with Crippen LogP contribution in [0.2, 0.25) is 0 Å². The summed E-state index contributed by atoms with van der Waals surface area (Å²) in [5, 5.41) is 8.93. The van der Waals surface area contributed by atoms with Gasteiger partial charge in [0.25, 0.3) is 11.8 Å². The van der Waals surface area contributed by atoms with E-state index in [0.717, 1.165) is 0 Å². The molecule has 0 unspecified atom stereocenters. The molecule has 8 heteroatoms. The molecule has 2 fully saturated rings. The van der Waals surface area contributed by atoms with Crippen LogP contribution < -0.4 is 0 Å². The number of nitrogens with zero attached hydrogens (tertiary/aromatic N) is 2. The minimum Gasteiger partial charge on any atom is -0.479 e. The van der Waals surface area contributed by atoms with Gasteiger partial charge in [-0.15, -0.1) is 0 Å². The van der Waals surface area contributed by atoms with Crippen LogP contribution in [-0.2, 0) is 14.3 Å². The first-order valence-electron chi connectivity index (χ1n) is 8.17. The molecule has 0 radical (unpaired) electrons. The lowest BCUT2D eigenvalue weighted by Crippen LogP contribution is -2.53. The maximum absolute atomic E-state index is 13.2. The predicted molar refractivity (Wildman–Crippen MR) is 84.4 cm³/mol. The fraction of sp³-hybridized carbons (Fsp3) is 0.471. The first-order valence-corrected chi connectivity index (χ1v) is 8.17. The first kappa shape index (κ1) is 17.3. The number of carboxylic acids is 1. The van der Waals surface area contributed by atoms with Crippen molar-refractivity contribution < 1.29 is 28.6 Å². The lowest BCUT2D eigenvalue weighted by Gasteiger charge is -2.35. The van der Waals surface area contributed by atoms with E-state index >= 15 is 0 Å². The van der Waals surface area contributed by atoms with Gasteiger partial charge in [-0.05, 0) is 31.0 Å². The Kier molecular flexibility index (Phi) is 4.98. The molecule has 0 spiro atoms. The van der Waals surface area contributed by atoms with Crippen LogP contribution >= 0.6 is 0 Å². The summed E-state index contributed by atoms with van der Waals surface area (Å²) in [5.41, 5.74) is 0.281. The third kappa shape index (κ3) is 3.79. The molecule has 2 amide bonds. The molecular formula is C17H19FN2O5. The molecule has 7 nitrogen and oxygen atoms in total. The van der Waals surface area contributed by atoms with Gasteiger partial charge < -0.3 is 19.6 Å². The number of carbonyl (C=O) groups is 3. The Hall–Kier alpha value is -2.48. The van der Waals surface area contributed by atoms with Crippen molar-refractivity contribution in [3.05, 3.63) is 35.6 Å². The number of piperazine rings is 1. The Balaban J connectivity index is 1.54. The SMILES string of the molecule is O=C(O)[C@H]1CC[C@@H](C(=O)N2CCN(C(=O)c3cccc(F)c3)CC2)O1. The normalized spacial score (nSPS) is 23.6. The summed E-state index contributed by atoms with van der Waals surface area (Å²) in [5.74, 6) is -2.02. The van der Waals surface area contributed by atoms with E-state index in [0.29, 0.717) is 39.0 Å². The van der Waals surface area contributed by atoms with E-state index in [4.69, 9.17) is 9.84 Å². The van der Waals surface area contributed by atoms with Crippen molar-refractivity contribution in [2.45, 2.75) is 25.0 Å². The topological polar surface area (TPSA) is 87.2 Å². The molecule has 0 bridgehead atoms. The van der Waals surface area contributed by atoms with Gasteiger partial charge in [-0.2, -0.15) is 0 Å². The number of benzene rings is 1. The van der Waals surface area contributed by atoms with Crippen LogP contribution in [0.15, 0.2) is 24.3 Å². The highest BCUT2D eigenvalue weighted by Gasteiger charge is 2.37. The molecule has 2 saturated heterocycles. The van der Waals surface area contributed by atoms with E-state index in [1.807, 2.05) is 0 Å². The predicted octanol–water partition coefficient (Wildman–Crippen LogP) is 0.742. The van der Waals surface area contributed by atoms with Gasteiger partial charge in [0.1, 0.15) is 11.9 Å².